The Hall–Kier alpha value is -1.97. The number of hydrogen-bond donors (Lipinski definition) is 0. The summed E-state index contributed by atoms with van der Waals surface area (Å²) in [6.07, 6.45) is 0.894. The molecule has 3 rings (SSSR count). The molecule has 2 heterocycles. The molecule has 7 nitrogen and oxygen atoms in total. The minimum absolute atomic E-state index is 0.0748. The van der Waals surface area contributed by atoms with Gasteiger partial charge in [-0.15, -0.1) is 5.54 Å². The fourth-order valence-corrected chi connectivity index (χ4v) is 7.63. The highest BCUT2D eigenvalue weighted by Gasteiger charge is 2.68. The SMILES string of the molecule is CC(=O)O[C@@](C#C[Si](C)(C)C)(CCOCc1ccccc1)C[C@]12OC(=O)C[C@H]1OC(C)(C)[C@@H]2CCO[Si](C)(C)C(C)(C)C. The Labute approximate surface area is 261 Å². The second-order valence-electron chi connectivity index (χ2n) is 15.3. The maximum absolute atomic E-state index is 12.9. The zero-order valence-corrected chi connectivity index (χ0v) is 30.3. The molecule has 0 N–H and O–H groups in total. The van der Waals surface area contributed by atoms with Gasteiger partial charge in [-0.05, 0) is 44.0 Å². The Bertz CT molecular complexity index is 1190. The van der Waals surface area contributed by atoms with Crippen LogP contribution in [0.4, 0.5) is 0 Å². The molecule has 2 aliphatic rings. The minimum Gasteiger partial charge on any atom is -0.456 e. The Morgan fingerprint density at radius 3 is 2.30 bits per heavy atom. The molecule has 43 heavy (non-hydrogen) atoms. The van der Waals surface area contributed by atoms with Gasteiger partial charge in [-0.3, -0.25) is 9.59 Å². The standard InChI is InChI=1S/C34H54O7Si2/c1-26(35)39-33(19-22-42(7,8)9,18-21-37-24-27-15-13-12-14-16-27)25-34-28(17-20-38-43(10,11)31(2,3)4)32(5,6)40-29(34)23-30(36)41-34/h12-16,28-29H,17-18,20-21,23-25H2,1-11H3/t28-,29+,33+,34+/m0/s1. The summed E-state index contributed by atoms with van der Waals surface area (Å²) in [5, 5.41) is 0.0748. The maximum Gasteiger partial charge on any atom is 0.309 e. The van der Waals surface area contributed by atoms with Gasteiger partial charge in [-0.1, -0.05) is 76.7 Å². The van der Waals surface area contributed by atoms with Crippen LogP contribution in [0.15, 0.2) is 30.3 Å². The first-order valence-electron chi connectivity index (χ1n) is 15.6. The lowest BCUT2D eigenvalue weighted by Crippen LogP contribution is -2.53. The number of fused-ring (bicyclic) bond motifs is 1. The monoisotopic (exact) mass is 630 g/mol. The molecule has 240 valence electrons. The maximum atomic E-state index is 12.9. The van der Waals surface area contributed by atoms with Crippen molar-refractivity contribution in [2.24, 2.45) is 5.92 Å². The Morgan fingerprint density at radius 1 is 1.07 bits per heavy atom. The summed E-state index contributed by atoms with van der Waals surface area (Å²) in [7, 11) is -3.88. The van der Waals surface area contributed by atoms with Crippen molar-refractivity contribution >= 4 is 28.3 Å². The highest BCUT2D eigenvalue weighted by atomic mass is 28.4. The van der Waals surface area contributed by atoms with Crippen molar-refractivity contribution in [3.8, 4) is 11.5 Å². The van der Waals surface area contributed by atoms with Gasteiger partial charge in [-0.25, -0.2) is 0 Å². The van der Waals surface area contributed by atoms with Crippen LogP contribution < -0.4 is 0 Å². The molecule has 2 saturated heterocycles. The van der Waals surface area contributed by atoms with Gasteiger partial charge >= 0.3 is 11.9 Å². The molecule has 0 saturated carbocycles. The third-order valence-electron chi connectivity index (χ3n) is 9.08. The molecule has 0 aliphatic carbocycles. The molecule has 9 heteroatoms. The normalized spacial score (nSPS) is 24.9. The first-order valence-corrected chi connectivity index (χ1v) is 22.0. The predicted octanol–water partition coefficient (Wildman–Crippen LogP) is 7.06. The highest BCUT2D eigenvalue weighted by molar-refractivity contribution is 6.83. The second kappa shape index (κ2) is 13.2. The van der Waals surface area contributed by atoms with Crippen LogP contribution in [0.5, 0.6) is 0 Å². The molecule has 2 aliphatic heterocycles. The van der Waals surface area contributed by atoms with E-state index >= 15 is 0 Å². The number of esters is 2. The van der Waals surface area contributed by atoms with E-state index in [1.54, 1.807) is 0 Å². The Balaban J connectivity index is 1.98. The van der Waals surface area contributed by atoms with Crippen molar-refractivity contribution in [2.75, 3.05) is 13.2 Å². The van der Waals surface area contributed by atoms with E-state index in [-0.39, 0.29) is 29.8 Å². The number of rotatable bonds is 12. The quantitative estimate of drug-likeness (QED) is 0.106. The summed E-state index contributed by atoms with van der Waals surface area (Å²) in [6, 6.07) is 9.96. The van der Waals surface area contributed by atoms with Crippen molar-refractivity contribution in [1.82, 2.24) is 0 Å². The molecule has 0 radical (unpaired) electrons. The van der Waals surface area contributed by atoms with Gasteiger partial charge in [0.2, 0.25) is 0 Å². The van der Waals surface area contributed by atoms with Crippen LogP contribution >= 0.6 is 0 Å². The summed E-state index contributed by atoms with van der Waals surface area (Å²) in [5.41, 5.74) is 1.71. The number of benzene rings is 1. The number of ether oxygens (including phenoxy) is 4. The van der Waals surface area contributed by atoms with Crippen LogP contribution in [-0.2, 0) is 39.6 Å². The molecule has 0 spiro atoms. The number of carbonyl (C=O) groups excluding carboxylic acids is 2. The molecule has 2 fully saturated rings. The molecule has 0 aromatic heterocycles. The van der Waals surface area contributed by atoms with Crippen molar-refractivity contribution in [3.05, 3.63) is 35.9 Å². The van der Waals surface area contributed by atoms with E-state index in [2.05, 4.69) is 78.8 Å². The fourth-order valence-electron chi connectivity index (χ4n) is 5.96. The molecular weight excluding hydrogens is 577 g/mol. The molecule has 1 aromatic carbocycles. The van der Waals surface area contributed by atoms with E-state index < -0.39 is 45.3 Å². The van der Waals surface area contributed by atoms with E-state index in [1.165, 1.54) is 6.92 Å². The van der Waals surface area contributed by atoms with Crippen molar-refractivity contribution in [3.63, 3.8) is 0 Å². The van der Waals surface area contributed by atoms with Crippen molar-refractivity contribution in [1.29, 1.82) is 0 Å². The third-order valence-corrected chi connectivity index (χ3v) is 14.5. The Kier molecular flexibility index (Phi) is 10.9. The second-order valence-corrected chi connectivity index (χ2v) is 24.9. The van der Waals surface area contributed by atoms with Gasteiger partial charge in [0.15, 0.2) is 13.9 Å². The molecule has 0 amide bonds. The smallest absolute Gasteiger partial charge is 0.309 e. The lowest BCUT2D eigenvalue weighted by molar-refractivity contribution is -0.169. The average molecular weight is 631 g/mol. The van der Waals surface area contributed by atoms with E-state index in [1.807, 2.05) is 30.3 Å². The molecule has 1 aromatic rings. The third kappa shape index (κ3) is 9.04. The predicted molar refractivity (Wildman–Crippen MR) is 175 cm³/mol. The summed E-state index contributed by atoms with van der Waals surface area (Å²) in [5.74, 6) is 2.50. The largest absolute Gasteiger partial charge is 0.456 e. The van der Waals surface area contributed by atoms with E-state index in [0.29, 0.717) is 32.7 Å². The van der Waals surface area contributed by atoms with Gasteiger partial charge in [0.05, 0.1) is 25.2 Å². The molecule has 0 unspecified atom stereocenters. The van der Waals surface area contributed by atoms with E-state index in [9.17, 15) is 9.59 Å². The lowest BCUT2D eigenvalue weighted by Gasteiger charge is -2.42. The number of carbonyl (C=O) groups is 2. The topological polar surface area (TPSA) is 80.3 Å². The van der Waals surface area contributed by atoms with Crippen LogP contribution in [0.1, 0.15) is 72.8 Å². The summed E-state index contributed by atoms with van der Waals surface area (Å²) >= 11 is 0. The lowest BCUT2D eigenvalue weighted by atomic mass is 9.70. The fraction of sp³-hybridized carbons (Fsp3) is 0.706. The first kappa shape index (κ1) is 35.5. The van der Waals surface area contributed by atoms with Crippen LogP contribution in [0.2, 0.25) is 37.8 Å². The van der Waals surface area contributed by atoms with E-state index in [4.69, 9.17) is 23.4 Å². The Morgan fingerprint density at radius 2 is 1.72 bits per heavy atom. The minimum atomic E-state index is -2.00. The van der Waals surface area contributed by atoms with Crippen LogP contribution in [0.3, 0.4) is 0 Å². The number of hydrogen-bond acceptors (Lipinski definition) is 7. The summed E-state index contributed by atoms with van der Waals surface area (Å²) in [4.78, 5) is 25.6. The zero-order chi connectivity index (χ0) is 32.3. The summed E-state index contributed by atoms with van der Waals surface area (Å²) in [6.45, 7) is 24.4. The van der Waals surface area contributed by atoms with E-state index in [0.717, 1.165) is 5.56 Å². The van der Waals surface area contributed by atoms with Gasteiger partial charge in [0, 0.05) is 32.3 Å². The van der Waals surface area contributed by atoms with Crippen LogP contribution in [-0.4, -0.2) is 64.5 Å². The van der Waals surface area contributed by atoms with Gasteiger partial charge in [-0.2, -0.15) is 0 Å². The van der Waals surface area contributed by atoms with Crippen molar-refractivity contribution in [2.45, 2.75) is 135 Å². The molecular formula is C34H54O7Si2. The first-order chi connectivity index (χ1) is 19.7. The van der Waals surface area contributed by atoms with Crippen LogP contribution in [0, 0.1) is 17.4 Å². The van der Waals surface area contributed by atoms with Gasteiger partial charge < -0.3 is 23.4 Å². The van der Waals surface area contributed by atoms with Crippen LogP contribution in [0.25, 0.3) is 0 Å². The van der Waals surface area contributed by atoms with Gasteiger partial charge in [0.25, 0.3) is 0 Å². The van der Waals surface area contributed by atoms with Crippen molar-refractivity contribution < 1.29 is 33.0 Å². The summed E-state index contributed by atoms with van der Waals surface area (Å²) < 4.78 is 31.7. The zero-order valence-electron chi connectivity index (χ0n) is 28.3. The highest BCUT2D eigenvalue weighted by Crippen LogP contribution is 2.55. The average Bonchev–Trinajstić information content (AvgIpc) is 3.25. The van der Waals surface area contributed by atoms with Gasteiger partial charge in [0.1, 0.15) is 19.8 Å². The molecule has 4 atom stereocenters. The molecule has 0 bridgehead atoms.